The van der Waals surface area contributed by atoms with Gasteiger partial charge in [-0.15, -0.1) is 0 Å². The highest BCUT2D eigenvalue weighted by molar-refractivity contribution is 6.67. The number of halogens is 4. The fraction of sp³-hybridized carbons (Fsp3) is 0.154. The summed E-state index contributed by atoms with van der Waals surface area (Å²) in [5.41, 5.74) is -0.0926. The van der Waals surface area contributed by atoms with Crippen molar-refractivity contribution in [3.63, 3.8) is 0 Å². The van der Waals surface area contributed by atoms with Gasteiger partial charge < -0.3 is 4.42 Å². The number of benzene rings is 1. The molecule has 6 heteroatoms. The maximum atomic E-state index is 12.4. The lowest BCUT2D eigenvalue weighted by atomic mass is 10.1. The molecule has 19 heavy (non-hydrogen) atoms. The standard InChI is InChI=1S/C13H8ClF3O2/c1-7-10(12(14)18)6-11(19-7)8-2-4-9(5-3-8)13(15,16)17/h2-6H,1H3. The molecule has 2 nitrogen and oxygen atoms in total. The minimum Gasteiger partial charge on any atom is -0.461 e. The molecule has 0 saturated heterocycles. The summed E-state index contributed by atoms with van der Waals surface area (Å²) in [5.74, 6) is 0.630. The minimum atomic E-state index is -4.38. The van der Waals surface area contributed by atoms with Crippen LogP contribution in [0.4, 0.5) is 13.2 Å². The van der Waals surface area contributed by atoms with Crippen molar-refractivity contribution >= 4 is 16.8 Å². The summed E-state index contributed by atoms with van der Waals surface area (Å²) in [5, 5.41) is -0.667. The van der Waals surface area contributed by atoms with Crippen molar-refractivity contribution in [1.29, 1.82) is 0 Å². The number of alkyl halides is 3. The molecule has 0 bridgehead atoms. The van der Waals surface area contributed by atoms with E-state index in [9.17, 15) is 18.0 Å². The minimum absolute atomic E-state index is 0.205. The Morgan fingerprint density at radius 1 is 1.21 bits per heavy atom. The molecule has 0 fully saturated rings. The molecular formula is C13H8ClF3O2. The Kier molecular flexibility index (Phi) is 3.41. The van der Waals surface area contributed by atoms with Crippen molar-refractivity contribution in [3.8, 4) is 11.3 Å². The smallest absolute Gasteiger partial charge is 0.416 e. The molecule has 0 aliphatic rings. The predicted molar refractivity (Wildman–Crippen MR) is 64.1 cm³/mol. The van der Waals surface area contributed by atoms with Gasteiger partial charge in [0.25, 0.3) is 5.24 Å². The lowest BCUT2D eigenvalue weighted by Crippen LogP contribution is -2.03. The van der Waals surface area contributed by atoms with Crippen LogP contribution in [0.15, 0.2) is 34.7 Å². The number of rotatable bonds is 2. The van der Waals surface area contributed by atoms with Crippen LogP contribution in [0.2, 0.25) is 0 Å². The Labute approximate surface area is 111 Å². The number of hydrogen-bond donors (Lipinski definition) is 0. The van der Waals surface area contributed by atoms with Crippen LogP contribution in [0.3, 0.4) is 0 Å². The van der Waals surface area contributed by atoms with Crippen molar-refractivity contribution in [1.82, 2.24) is 0 Å². The van der Waals surface area contributed by atoms with Gasteiger partial charge in [-0.05, 0) is 36.7 Å². The van der Waals surface area contributed by atoms with Gasteiger partial charge in [0.2, 0.25) is 0 Å². The van der Waals surface area contributed by atoms with Crippen molar-refractivity contribution in [2.24, 2.45) is 0 Å². The van der Waals surface area contributed by atoms with Crippen LogP contribution in [0, 0.1) is 6.92 Å². The van der Waals surface area contributed by atoms with E-state index in [-0.39, 0.29) is 5.56 Å². The van der Waals surface area contributed by atoms with E-state index in [0.29, 0.717) is 17.1 Å². The molecule has 1 aromatic heterocycles. The van der Waals surface area contributed by atoms with Gasteiger partial charge in [0.15, 0.2) is 0 Å². The first-order chi connectivity index (χ1) is 8.79. The molecule has 2 rings (SSSR count). The lowest BCUT2D eigenvalue weighted by Gasteiger charge is -2.06. The van der Waals surface area contributed by atoms with E-state index in [2.05, 4.69) is 0 Å². The fourth-order valence-electron chi connectivity index (χ4n) is 1.64. The molecule has 0 unspecified atom stereocenters. The summed E-state index contributed by atoms with van der Waals surface area (Å²) < 4.78 is 42.5. The van der Waals surface area contributed by atoms with Gasteiger partial charge in [-0.3, -0.25) is 4.79 Å². The maximum Gasteiger partial charge on any atom is 0.416 e. The third-order valence-corrected chi connectivity index (χ3v) is 2.83. The van der Waals surface area contributed by atoms with Crippen molar-refractivity contribution < 1.29 is 22.4 Å². The maximum absolute atomic E-state index is 12.4. The monoisotopic (exact) mass is 288 g/mol. The Morgan fingerprint density at radius 2 is 1.79 bits per heavy atom. The summed E-state index contributed by atoms with van der Waals surface area (Å²) in [6.07, 6.45) is -4.38. The number of carbonyl (C=O) groups excluding carboxylic acids is 1. The van der Waals surface area contributed by atoms with Gasteiger partial charge in [-0.1, -0.05) is 12.1 Å². The molecule has 0 radical (unpaired) electrons. The van der Waals surface area contributed by atoms with Crippen LogP contribution >= 0.6 is 11.6 Å². The zero-order valence-corrected chi connectivity index (χ0v) is 10.5. The van der Waals surface area contributed by atoms with Crippen molar-refractivity contribution in [2.45, 2.75) is 13.1 Å². The largest absolute Gasteiger partial charge is 0.461 e. The van der Waals surface area contributed by atoms with E-state index in [1.807, 2.05) is 0 Å². The highest BCUT2D eigenvalue weighted by Gasteiger charge is 2.30. The van der Waals surface area contributed by atoms with Crippen LogP contribution in [0.25, 0.3) is 11.3 Å². The number of aryl methyl sites for hydroxylation is 1. The first-order valence-corrected chi connectivity index (χ1v) is 5.64. The van der Waals surface area contributed by atoms with Crippen molar-refractivity contribution in [3.05, 3.63) is 47.2 Å². The molecule has 0 atom stereocenters. The molecule has 1 aromatic carbocycles. The van der Waals surface area contributed by atoms with E-state index < -0.39 is 17.0 Å². The normalized spacial score (nSPS) is 11.6. The zero-order valence-electron chi connectivity index (χ0n) is 9.72. The highest BCUT2D eigenvalue weighted by Crippen LogP contribution is 2.32. The first kappa shape index (κ1) is 13.7. The Bertz CT molecular complexity index is 612. The van der Waals surface area contributed by atoms with Gasteiger partial charge >= 0.3 is 6.18 Å². The van der Waals surface area contributed by atoms with Crippen LogP contribution in [0.1, 0.15) is 21.7 Å². The van der Waals surface area contributed by atoms with Crippen molar-refractivity contribution in [2.75, 3.05) is 0 Å². The molecule has 0 aliphatic heterocycles. The Morgan fingerprint density at radius 3 is 2.21 bits per heavy atom. The summed E-state index contributed by atoms with van der Waals surface area (Å²) in [4.78, 5) is 11.1. The molecule has 0 amide bonds. The third kappa shape index (κ3) is 2.81. The van der Waals surface area contributed by atoms with Gasteiger partial charge in [-0.2, -0.15) is 13.2 Å². The Balaban J connectivity index is 2.38. The third-order valence-electron chi connectivity index (χ3n) is 2.63. The lowest BCUT2D eigenvalue weighted by molar-refractivity contribution is -0.137. The Hall–Kier alpha value is -1.75. The van der Waals surface area contributed by atoms with Crippen LogP contribution in [0.5, 0.6) is 0 Å². The van der Waals surface area contributed by atoms with Gasteiger partial charge in [0.05, 0.1) is 11.1 Å². The summed E-state index contributed by atoms with van der Waals surface area (Å²) in [6.45, 7) is 1.56. The van der Waals surface area contributed by atoms with E-state index in [0.717, 1.165) is 12.1 Å². The molecule has 100 valence electrons. The second-order valence-corrected chi connectivity index (χ2v) is 4.27. The van der Waals surface area contributed by atoms with E-state index in [1.54, 1.807) is 6.92 Å². The van der Waals surface area contributed by atoms with Crippen LogP contribution in [-0.2, 0) is 6.18 Å². The number of hydrogen-bond acceptors (Lipinski definition) is 2. The second kappa shape index (κ2) is 4.74. The zero-order chi connectivity index (χ0) is 14.2. The summed E-state index contributed by atoms with van der Waals surface area (Å²) in [7, 11) is 0. The van der Waals surface area contributed by atoms with Crippen LogP contribution in [-0.4, -0.2) is 5.24 Å². The number of carbonyl (C=O) groups is 1. The van der Waals surface area contributed by atoms with Crippen LogP contribution < -0.4 is 0 Å². The fourth-order valence-corrected chi connectivity index (χ4v) is 1.83. The van der Waals surface area contributed by atoms with E-state index >= 15 is 0 Å². The van der Waals surface area contributed by atoms with Gasteiger partial charge in [0.1, 0.15) is 11.5 Å². The van der Waals surface area contributed by atoms with Gasteiger partial charge in [0, 0.05) is 5.56 Å². The average Bonchev–Trinajstić information content (AvgIpc) is 2.70. The molecule has 2 aromatic rings. The highest BCUT2D eigenvalue weighted by atomic mass is 35.5. The summed E-state index contributed by atoms with van der Waals surface area (Å²) in [6, 6.07) is 5.88. The second-order valence-electron chi connectivity index (χ2n) is 3.93. The quantitative estimate of drug-likeness (QED) is 0.753. The molecule has 0 N–H and O–H groups in total. The molecule has 0 saturated carbocycles. The van der Waals surface area contributed by atoms with Gasteiger partial charge in [-0.25, -0.2) is 0 Å². The molecule has 0 spiro atoms. The molecule has 0 aliphatic carbocycles. The molecular weight excluding hydrogens is 281 g/mol. The first-order valence-electron chi connectivity index (χ1n) is 5.27. The van der Waals surface area contributed by atoms with E-state index in [1.165, 1.54) is 18.2 Å². The predicted octanol–water partition coefficient (Wildman–Crippen LogP) is 4.65. The average molecular weight is 289 g/mol. The topological polar surface area (TPSA) is 30.2 Å². The number of furan rings is 1. The van der Waals surface area contributed by atoms with E-state index in [4.69, 9.17) is 16.0 Å². The SMILES string of the molecule is Cc1oc(-c2ccc(C(F)(F)F)cc2)cc1C(=O)Cl. The molecule has 1 heterocycles. The summed E-state index contributed by atoms with van der Waals surface area (Å²) >= 11 is 5.35.